The molecule has 1 aromatic carbocycles. The normalized spacial score (nSPS) is 19.8. The quantitative estimate of drug-likeness (QED) is 0.836. The Hall–Kier alpha value is -1.39. The maximum atomic E-state index is 11.5. The highest BCUT2D eigenvalue weighted by atomic mass is 16.5. The van der Waals surface area contributed by atoms with Crippen molar-refractivity contribution in [3.05, 3.63) is 35.4 Å². The molecule has 1 atom stereocenters. The predicted octanol–water partition coefficient (Wildman–Crippen LogP) is 2.03. The molecule has 4 heteroatoms. The lowest BCUT2D eigenvalue weighted by Gasteiger charge is -2.32. The van der Waals surface area contributed by atoms with Gasteiger partial charge in [-0.2, -0.15) is 0 Å². The minimum atomic E-state index is -0.272. The van der Waals surface area contributed by atoms with E-state index >= 15 is 0 Å². The molecule has 2 N–H and O–H groups in total. The number of nitrogens with two attached hydrogens (primary N) is 1. The molecule has 1 aliphatic heterocycles. The van der Waals surface area contributed by atoms with Crippen molar-refractivity contribution in [2.45, 2.75) is 25.8 Å². The van der Waals surface area contributed by atoms with E-state index in [1.807, 2.05) is 12.1 Å². The first kappa shape index (κ1) is 15.0. The Morgan fingerprint density at radius 3 is 3.10 bits per heavy atom. The van der Waals surface area contributed by atoms with Crippen LogP contribution >= 0.6 is 0 Å². The van der Waals surface area contributed by atoms with Gasteiger partial charge in [0.15, 0.2) is 0 Å². The lowest BCUT2D eigenvalue weighted by molar-refractivity contribution is 0.0600. The summed E-state index contributed by atoms with van der Waals surface area (Å²) in [6.07, 6.45) is 3.63. The first-order valence-corrected chi connectivity index (χ1v) is 7.32. The van der Waals surface area contributed by atoms with Crippen molar-refractivity contribution in [2.24, 2.45) is 11.7 Å². The highest BCUT2D eigenvalue weighted by molar-refractivity contribution is 5.89. The van der Waals surface area contributed by atoms with E-state index < -0.39 is 0 Å². The van der Waals surface area contributed by atoms with Crippen molar-refractivity contribution in [1.29, 1.82) is 0 Å². The summed E-state index contributed by atoms with van der Waals surface area (Å²) in [7, 11) is 1.41. The van der Waals surface area contributed by atoms with E-state index in [1.165, 1.54) is 25.5 Å². The smallest absolute Gasteiger partial charge is 0.337 e. The molecular formula is C16H24N2O2. The monoisotopic (exact) mass is 276 g/mol. The molecule has 1 unspecified atom stereocenters. The standard InChI is InChI=1S/C16H24N2O2/c1-20-16(19)15-6-2-4-14(10-15)12-18-9-3-5-13(11-18)7-8-17/h2,4,6,10,13H,3,5,7-9,11-12,17H2,1H3. The molecule has 110 valence electrons. The largest absolute Gasteiger partial charge is 0.465 e. The number of carbonyl (C=O) groups is 1. The van der Waals surface area contributed by atoms with Gasteiger partial charge in [-0.15, -0.1) is 0 Å². The zero-order valence-electron chi connectivity index (χ0n) is 12.2. The number of hydrogen-bond donors (Lipinski definition) is 1. The fourth-order valence-electron chi connectivity index (χ4n) is 2.94. The van der Waals surface area contributed by atoms with E-state index in [4.69, 9.17) is 10.5 Å². The van der Waals surface area contributed by atoms with Crippen molar-refractivity contribution < 1.29 is 9.53 Å². The maximum Gasteiger partial charge on any atom is 0.337 e. The summed E-state index contributed by atoms with van der Waals surface area (Å²) >= 11 is 0. The average Bonchev–Trinajstić information content (AvgIpc) is 2.47. The van der Waals surface area contributed by atoms with Gasteiger partial charge in [0.2, 0.25) is 0 Å². The summed E-state index contributed by atoms with van der Waals surface area (Å²) < 4.78 is 4.76. The van der Waals surface area contributed by atoms with Gasteiger partial charge in [-0.05, 0) is 56.0 Å². The molecule has 1 aromatic rings. The van der Waals surface area contributed by atoms with Crippen molar-refractivity contribution in [2.75, 3.05) is 26.7 Å². The number of esters is 1. The summed E-state index contributed by atoms with van der Waals surface area (Å²) in [6, 6.07) is 7.71. The van der Waals surface area contributed by atoms with Crippen molar-refractivity contribution >= 4 is 5.97 Å². The second-order valence-corrected chi connectivity index (χ2v) is 5.51. The Labute approximate surface area is 120 Å². The molecule has 0 spiro atoms. The lowest BCUT2D eigenvalue weighted by atomic mass is 9.94. The van der Waals surface area contributed by atoms with Crippen LogP contribution in [0.25, 0.3) is 0 Å². The maximum absolute atomic E-state index is 11.5. The minimum Gasteiger partial charge on any atom is -0.465 e. The second kappa shape index (κ2) is 7.41. The van der Waals surface area contributed by atoms with Gasteiger partial charge in [0.1, 0.15) is 0 Å². The van der Waals surface area contributed by atoms with Crippen LogP contribution in [0.4, 0.5) is 0 Å². The number of likely N-dealkylation sites (tertiary alicyclic amines) is 1. The molecule has 0 saturated carbocycles. The van der Waals surface area contributed by atoms with E-state index in [0.29, 0.717) is 5.56 Å². The molecule has 1 fully saturated rings. The van der Waals surface area contributed by atoms with Crippen LogP contribution in [0.3, 0.4) is 0 Å². The Balaban J connectivity index is 1.97. The molecule has 1 aliphatic rings. The molecule has 1 heterocycles. The van der Waals surface area contributed by atoms with Crippen LogP contribution in [0.1, 0.15) is 35.2 Å². The molecule has 0 aliphatic carbocycles. The minimum absolute atomic E-state index is 0.272. The van der Waals surface area contributed by atoms with Crippen LogP contribution in [0.15, 0.2) is 24.3 Å². The number of piperidine rings is 1. The van der Waals surface area contributed by atoms with Gasteiger partial charge in [0.05, 0.1) is 12.7 Å². The number of nitrogens with zero attached hydrogens (tertiary/aromatic N) is 1. The third-order valence-corrected chi connectivity index (χ3v) is 3.93. The van der Waals surface area contributed by atoms with Crippen LogP contribution in [0, 0.1) is 5.92 Å². The van der Waals surface area contributed by atoms with Crippen LogP contribution in [-0.4, -0.2) is 37.6 Å². The van der Waals surface area contributed by atoms with Crippen molar-refractivity contribution in [3.63, 3.8) is 0 Å². The number of benzene rings is 1. The molecule has 2 rings (SSSR count). The predicted molar refractivity (Wildman–Crippen MR) is 79.5 cm³/mol. The van der Waals surface area contributed by atoms with Crippen molar-refractivity contribution in [3.8, 4) is 0 Å². The van der Waals surface area contributed by atoms with Gasteiger partial charge >= 0.3 is 5.97 Å². The highest BCUT2D eigenvalue weighted by Crippen LogP contribution is 2.21. The molecule has 0 radical (unpaired) electrons. The van der Waals surface area contributed by atoms with E-state index in [9.17, 15) is 4.79 Å². The zero-order valence-corrected chi connectivity index (χ0v) is 12.2. The van der Waals surface area contributed by atoms with Crippen molar-refractivity contribution in [1.82, 2.24) is 4.90 Å². The molecule has 20 heavy (non-hydrogen) atoms. The Kier molecular flexibility index (Phi) is 5.56. The second-order valence-electron chi connectivity index (χ2n) is 5.51. The SMILES string of the molecule is COC(=O)c1cccc(CN2CCCC(CCN)C2)c1. The summed E-state index contributed by atoms with van der Waals surface area (Å²) in [6.45, 7) is 3.91. The fraction of sp³-hybridized carbons (Fsp3) is 0.562. The lowest BCUT2D eigenvalue weighted by Crippen LogP contribution is -2.35. The first-order chi connectivity index (χ1) is 9.72. The Bertz CT molecular complexity index is 446. The Morgan fingerprint density at radius 2 is 2.35 bits per heavy atom. The van der Waals surface area contributed by atoms with Crippen LogP contribution in [0.5, 0.6) is 0 Å². The van der Waals surface area contributed by atoms with Gasteiger partial charge in [-0.1, -0.05) is 12.1 Å². The van der Waals surface area contributed by atoms with Crippen LogP contribution in [-0.2, 0) is 11.3 Å². The summed E-state index contributed by atoms with van der Waals surface area (Å²) in [4.78, 5) is 14.0. The number of hydrogen-bond acceptors (Lipinski definition) is 4. The highest BCUT2D eigenvalue weighted by Gasteiger charge is 2.19. The van der Waals surface area contributed by atoms with Crippen LogP contribution in [0.2, 0.25) is 0 Å². The van der Waals surface area contributed by atoms with Gasteiger partial charge in [0, 0.05) is 13.1 Å². The molecule has 0 amide bonds. The van der Waals surface area contributed by atoms with Gasteiger partial charge < -0.3 is 10.5 Å². The average molecular weight is 276 g/mol. The molecule has 1 saturated heterocycles. The molecule has 0 aromatic heterocycles. The number of methoxy groups -OCH3 is 1. The van der Waals surface area contributed by atoms with Crippen LogP contribution < -0.4 is 5.73 Å². The first-order valence-electron chi connectivity index (χ1n) is 7.32. The van der Waals surface area contributed by atoms with Gasteiger partial charge in [0.25, 0.3) is 0 Å². The van der Waals surface area contributed by atoms with E-state index in [1.54, 1.807) is 6.07 Å². The molecular weight excluding hydrogens is 252 g/mol. The van der Waals surface area contributed by atoms with E-state index in [-0.39, 0.29) is 5.97 Å². The topological polar surface area (TPSA) is 55.6 Å². The third kappa shape index (κ3) is 4.05. The third-order valence-electron chi connectivity index (χ3n) is 3.93. The number of ether oxygens (including phenoxy) is 1. The van der Waals surface area contributed by atoms with E-state index in [2.05, 4.69) is 11.0 Å². The summed E-state index contributed by atoms with van der Waals surface area (Å²) in [5.41, 5.74) is 7.45. The fourth-order valence-corrected chi connectivity index (χ4v) is 2.94. The zero-order chi connectivity index (χ0) is 14.4. The Morgan fingerprint density at radius 1 is 1.50 bits per heavy atom. The van der Waals surface area contributed by atoms with E-state index in [0.717, 1.165) is 38.5 Å². The molecule has 4 nitrogen and oxygen atoms in total. The van der Waals surface area contributed by atoms with Gasteiger partial charge in [-0.3, -0.25) is 4.90 Å². The summed E-state index contributed by atoms with van der Waals surface area (Å²) in [5, 5.41) is 0. The summed E-state index contributed by atoms with van der Waals surface area (Å²) in [5.74, 6) is 0.448. The van der Waals surface area contributed by atoms with Gasteiger partial charge in [-0.25, -0.2) is 4.79 Å². The number of rotatable bonds is 5. The molecule has 0 bridgehead atoms. The number of carbonyl (C=O) groups excluding carboxylic acids is 1.